The molecule has 1 aromatic rings. The fourth-order valence-corrected chi connectivity index (χ4v) is 4.79. The molecule has 192 valence electrons. The van der Waals surface area contributed by atoms with E-state index in [1.54, 1.807) is 24.3 Å². The third-order valence-corrected chi connectivity index (χ3v) is 7.57. The van der Waals surface area contributed by atoms with Crippen LogP contribution in [0.4, 0.5) is 0 Å². The highest BCUT2D eigenvalue weighted by atomic mass is 32.2. The van der Waals surface area contributed by atoms with Gasteiger partial charge in [-0.3, -0.25) is 4.18 Å². The molecule has 0 aromatic heterocycles. The largest absolute Gasteiger partial charge is 0.394 e. The van der Waals surface area contributed by atoms with Crippen molar-refractivity contribution in [2.75, 3.05) is 19.8 Å². The smallest absolute Gasteiger partial charge is 0.296 e. The molecule has 1 aromatic carbocycles. The molecule has 0 aliphatic rings. The summed E-state index contributed by atoms with van der Waals surface area (Å²) in [6.07, 6.45) is 17.0. The number of aliphatic hydroxyl groups is 2. The number of nitrogens with two attached hydrogens (primary N) is 1. The van der Waals surface area contributed by atoms with Gasteiger partial charge in [0, 0.05) is 0 Å². The molecule has 0 bridgehead atoms. The first-order chi connectivity index (χ1) is 15.8. The monoisotopic (exact) mass is 485 g/mol. The summed E-state index contributed by atoms with van der Waals surface area (Å²) in [6, 6.07) is 6.75. The molecule has 6 nitrogen and oxygen atoms in total. The molecule has 0 aliphatic heterocycles. The van der Waals surface area contributed by atoms with Crippen LogP contribution in [-0.2, 0) is 14.3 Å². The van der Waals surface area contributed by atoms with E-state index in [0.717, 1.165) is 37.7 Å². The van der Waals surface area contributed by atoms with Gasteiger partial charge in [-0.1, -0.05) is 101 Å². The van der Waals surface area contributed by atoms with Crippen molar-refractivity contribution in [3.05, 3.63) is 29.8 Å². The summed E-state index contributed by atoms with van der Waals surface area (Å²) in [4.78, 5) is 0.229. The van der Waals surface area contributed by atoms with Gasteiger partial charge in [-0.05, 0) is 31.9 Å². The van der Waals surface area contributed by atoms with Crippen molar-refractivity contribution in [1.29, 1.82) is 0 Å². The maximum Gasteiger partial charge on any atom is 0.296 e. The number of benzene rings is 1. The first-order valence-corrected chi connectivity index (χ1v) is 14.2. The third-order valence-electron chi connectivity index (χ3n) is 6.25. The average molecular weight is 486 g/mol. The van der Waals surface area contributed by atoms with Gasteiger partial charge in [0.1, 0.15) is 0 Å². The molecule has 0 spiro atoms. The van der Waals surface area contributed by atoms with Gasteiger partial charge in [-0.15, -0.1) is 0 Å². The van der Waals surface area contributed by atoms with Crippen molar-refractivity contribution >= 4 is 10.1 Å². The molecule has 0 amide bonds. The van der Waals surface area contributed by atoms with Crippen LogP contribution in [0.25, 0.3) is 0 Å². The molecule has 1 rings (SSSR count). The molecule has 0 unspecified atom stereocenters. The predicted molar refractivity (Wildman–Crippen MR) is 135 cm³/mol. The Morgan fingerprint density at radius 1 is 0.727 bits per heavy atom. The highest BCUT2D eigenvalue weighted by Crippen LogP contribution is 2.17. The van der Waals surface area contributed by atoms with Crippen molar-refractivity contribution in [1.82, 2.24) is 0 Å². The third kappa shape index (κ3) is 14.1. The minimum Gasteiger partial charge on any atom is -0.394 e. The Bertz CT molecular complexity index is 702. The number of aliphatic hydroxyl groups excluding tert-OH is 2. The second kappa shape index (κ2) is 17.4. The maximum atomic E-state index is 12.1. The summed E-state index contributed by atoms with van der Waals surface area (Å²) in [6.45, 7) is 1.87. The minimum atomic E-state index is -3.63. The van der Waals surface area contributed by atoms with Crippen molar-refractivity contribution in [2.24, 2.45) is 5.73 Å². The van der Waals surface area contributed by atoms with Crippen LogP contribution >= 0.6 is 0 Å². The summed E-state index contributed by atoms with van der Waals surface area (Å²) in [5, 5.41) is 18.3. The number of rotatable bonds is 21. The molecule has 0 atom stereocenters. The average Bonchev–Trinajstić information content (AvgIpc) is 2.81. The van der Waals surface area contributed by atoms with Crippen LogP contribution in [0.5, 0.6) is 0 Å². The van der Waals surface area contributed by atoms with Gasteiger partial charge >= 0.3 is 0 Å². The van der Waals surface area contributed by atoms with E-state index in [1.165, 1.54) is 57.8 Å². The molecule has 0 fully saturated rings. The lowest BCUT2D eigenvalue weighted by molar-refractivity contribution is 0.112. The molecule has 0 heterocycles. The minimum absolute atomic E-state index is 0.156. The van der Waals surface area contributed by atoms with E-state index in [-0.39, 0.29) is 24.7 Å². The van der Waals surface area contributed by atoms with Gasteiger partial charge in [0.15, 0.2) is 0 Å². The van der Waals surface area contributed by atoms with Crippen LogP contribution in [0.2, 0.25) is 0 Å². The Labute approximate surface area is 202 Å². The normalized spacial score (nSPS) is 12.4. The van der Waals surface area contributed by atoms with Crippen molar-refractivity contribution in [3.63, 3.8) is 0 Å². The van der Waals surface area contributed by atoms with Crippen LogP contribution in [-0.4, -0.2) is 44.0 Å². The summed E-state index contributed by atoms with van der Waals surface area (Å²) in [5.41, 5.74) is 6.09. The summed E-state index contributed by atoms with van der Waals surface area (Å²) < 4.78 is 29.4. The zero-order valence-electron chi connectivity index (χ0n) is 20.6. The number of hydrogen-bond acceptors (Lipinski definition) is 6. The molecule has 0 saturated heterocycles. The molecule has 4 N–H and O–H groups in total. The molecule has 0 saturated carbocycles. The highest BCUT2D eigenvalue weighted by molar-refractivity contribution is 7.86. The van der Waals surface area contributed by atoms with Gasteiger partial charge < -0.3 is 15.9 Å². The van der Waals surface area contributed by atoms with E-state index in [2.05, 4.69) is 0 Å². The van der Waals surface area contributed by atoms with Gasteiger partial charge in [-0.25, -0.2) is 0 Å². The van der Waals surface area contributed by atoms with E-state index in [0.29, 0.717) is 6.42 Å². The van der Waals surface area contributed by atoms with E-state index < -0.39 is 15.7 Å². The molecule has 0 aliphatic carbocycles. The first-order valence-electron chi connectivity index (χ1n) is 12.8. The highest BCUT2D eigenvalue weighted by Gasteiger charge is 2.21. The number of unbranched alkanes of at least 4 members (excludes halogenated alkanes) is 13. The zero-order chi connectivity index (χ0) is 24.4. The van der Waals surface area contributed by atoms with Gasteiger partial charge in [0.25, 0.3) is 10.1 Å². The Hall–Kier alpha value is -0.990. The quantitative estimate of drug-likeness (QED) is 0.162. The molecular formula is C26H47NO5S. The summed E-state index contributed by atoms with van der Waals surface area (Å²) in [7, 11) is -3.63. The van der Waals surface area contributed by atoms with Crippen LogP contribution in [0.3, 0.4) is 0 Å². The lowest BCUT2D eigenvalue weighted by Crippen LogP contribution is -2.47. The zero-order valence-corrected chi connectivity index (χ0v) is 21.5. The number of hydrogen-bond donors (Lipinski definition) is 3. The topological polar surface area (TPSA) is 110 Å². The lowest BCUT2D eigenvalue weighted by atomic mass is 9.94. The van der Waals surface area contributed by atoms with Crippen LogP contribution < -0.4 is 5.73 Å². The summed E-state index contributed by atoms with van der Waals surface area (Å²) in [5.74, 6) is 0. The molecule has 7 heteroatoms. The second-order valence-electron chi connectivity index (χ2n) is 9.47. The first kappa shape index (κ1) is 30.0. The van der Waals surface area contributed by atoms with E-state index in [1.807, 2.05) is 6.92 Å². The van der Waals surface area contributed by atoms with Crippen LogP contribution in [0.15, 0.2) is 29.2 Å². The fraction of sp³-hybridized carbons (Fsp3) is 0.769. The number of aryl methyl sites for hydroxylation is 1. The lowest BCUT2D eigenvalue weighted by Gasteiger charge is -2.24. The van der Waals surface area contributed by atoms with Crippen LogP contribution in [0, 0.1) is 6.92 Å². The fourth-order valence-electron chi connectivity index (χ4n) is 3.85. The second-order valence-corrected chi connectivity index (χ2v) is 11.1. The van der Waals surface area contributed by atoms with Gasteiger partial charge in [0.05, 0.1) is 30.3 Å². The Balaban J connectivity index is 1.86. The molecule has 33 heavy (non-hydrogen) atoms. The predicted octanol–water partition coefficient (Wildman–Crippen LogP) is 5.23. The van der Waals surface area contributed by atoms with Crippen molar-refractivity contribution in [2.45, 2.75) is 114 Å². The van der Waals surface area contributed by atoms with Crippen molar-refractivity contribution in [3.8, 4) is 0 Å². The maximum absolute atomic E-state index is 12.1. The van der Waals surface area contributed by atoms with Crippen molar-refractivity contribution < 1.29 is 22.8 Å². The van der Waals surface area contributed by atoms with E-state index >= 15 is 0 Å². The summed E-state index contributed by atoms with van der Waals surface area (Å²) >= 11 is 0. The Morgan fingerprint density at radius 2 is 1.12 bits per heavy atom. The Kier molecular flexibility index (Phi) is 15.9. The SMILES string of the molecule is Cc1ccc(S(=O)(=O)OCCCCCCCCCCCCCCCCC(N)(CO)CO)cc1. The van der Waals surface area contributed by atoms with Gasteiger partial charge in [0.2, 0.25) is 0 Å². The Morgan fingerprint density at radius 3 is 1.55 bits per heavy atom. The molecule has 0 radical (unpaired) electrons. The molecular weight excluding hydrogens is 438 g/mol. The van der Waals surface area contributed by atoms with Crippen LogP contribution in [0.1, 0.15) is 102 Å². The standard InChI is InChI=1S/C26H47NO5S/c1-24-16-18-25(19-17-24)33(30,31)32-21-15-13-11-9-7-5-3-2-4-6-8-10-12-14-20-26(27,22-28)23-29/h16-19,28-29H,2-15,20-23,27H2,1H3. The van der Waals surface area contributed by atoms with E-state index in [9.17, 15) is 8.42 Å². The van der Waals surface area contributed by atoms with E-state index in [4.69, 9.17) is 20.1 Å². The van der Waals surface area contributed by atoms with Gasteiger partial charge in [-0.2, -0.15) is 8.42 Å².